The zero-order valence-corrected chi connectivity index (χ0v) is 7.11. The van der Waals surface area contributed by atoms with E-state index >= 15 is 0 Å². The van der Waals surface area contributed by atoms with Gasteiger partial charge in [0.1, 0.15) is 0 Å². The molecule has 0 saturated carbocycles. The van der Waals surface area contributed by atoms with E-state index in [0.29, 0.717) is 16.5 Å². The number of rotatable bonds is 2. The molecule has 0 spiro atoms. The van der Waals surface area contributed by atoms with Crippen LogP contribution < -0.4 is 9.47 Å². The second kappa shape index (κ2) is 3.49. The Morgan fingerprint density at radius 1 is 1.27 bits per heavy atom. The first-order valence-corrected chi connectivity index (χ1v) is 3.45. The fourth-order valence-corrected chi connectivity index (χ4v) is 1.02. The summed E-state index contributed by atoms with van der Waals surface area (Å²) in [6, 6.07) is 6.12. The summed E-state index contributed by atoms with van der Waals surface area (Å²) >= 11 is 5.77. The lowest BCUT2D eigenvalue weighted by Crippen LogP contribution is -1.90. The Morgan fingerprint density at radius 3 is 2.45 bits per heavy atom. The van der Waals surface area contributed by atoms with E-state index in [1.807, 2.05) is 0 Å². The minimum atomic E-state index is 0.506. The first-order chi connectivity index (χ1) is 5.29. The van der Waals surface area contributed by atoms with Crippen molar-refractivity contribution in [2.24, 2.45) is 0 Å². The molecule has 0 unspecified atom stereocenters. The van der Waals surface area contributed by atoms with E-state index in [-0.39, 0.29) is 0 Å². The van der Waals surface area contributed by atoms with Crippen molar-refractivity contribution in [1.82, 2.24) is 0 Å². The average molecular weight is 172 g/mol. The third-order valence-electron chi connectivity index (χ3n) is 1.29. The molecule has 0 heterocycles. The molecule has 0 N–H and O–H groups in total. The van der Waals surface area contributed by atoms with Crippen molar-refractivity contribution in [1.29, 1.82) is 0 Å². The van der Waals surface area contributed by atoms with Crippen molar-refractivity contribution in [2.45, 2.75) is 0 Å². The molecule has 1 aromatic carbocycles. The van der Waals surface area contributed by atoms with Crippen LogP contribution >= 0.6 is 11.6 Å². The quantitative estimate of drug-likeness (QED) is 0.679. The molecule has 0 fully saturated rings. The fraction of sp³-hybridized carbons (Fsp3) is 0.250. The van der Waals surface area contributed by atoms with Crippen LogP contribution in [-0.2, 0) is 0 Å². The van der Waals surface area contributed by atoms with E-state index in [1.165, 1.54) is 0 Å². The van der Waals surface area contributed by atoms with Crippen molar-refractivity contribution in [3.63, 3.8) is 0 Å². The standard InChI is InChI=1S/C8H8ClO2/c1-10-7-5-3-4-6(9)8(7)11-2/h4-5H,1-2H3. The molecule has 59 valence electrons. The normalized spacial score (nSPS) is 9.36. The molecular formula is C8H8ClO2. The number of benzene rings is 1. The van der Waals surface area contributed by atoms with Crippen LogP contribution in [0.4, 0.5) is 0 Å². The number of hydrogen-bond donors (Lipinski definition) is 0. The Balaban J connectivity index is 3.13. The lowest BCUT2D eigenvalue weighted by atomic mass is 10.3. The average Bonchev–Trinajstić information content (AvgIpc) is 2.04. The SMILES string of the molecule is COc1c[c]cc(Cl)c1OC. The van der Waals surface area contributed by atoms with Gasteiger partial charge in [-0.05, 0) is 18.2 Å². The molecule has 0 aliphatic heterocycles. The molecule has 0 aliphatic rings. The maximum Gasteiger partial charge on any atom is 0.179 e. The van der Waals surface area contributed by atoms with Crippen LogP contribution in [0, 0.1) is 6.07 Å². The van der Waals surface area contributed by atoms with Crippen LogP contribution in [0.3, 0.4) is 0 Å². The topological polar surface area (TPSA) is 18.5 Å². The summed E-state index contributed by atoms with van der Waals surface area (Å²) in [5, 5.41) is 0.506. The van der Waals surface area contributed by atoms with Gasteiger partial charge in [-0.25, -0.2) is 0 Å². The van der Waals surface area contributed by atoms with Gasteiger partial charge in [0.05, 0.1) is 19.2 Å². The molecular weight excluding hydrogens is 164 g/mol. The summed E-state index contributed by atoms with van der Waals surface area (Å²) < 4.78 is 9.97. The van der Waals surface area contributed by atoms with Crippen molar-refractivity contribution < 1.29 is 9.47 Å². The van der Waals surface area contributed by atoms with E-state index in [9.17, 15) is 0 Å². The molecule has 0 amide bonds. The molecule has 0 aliphatic carbocycles. The highest BCUT2D eigenvalue weighted by atomic mass is 35.5. The zero-order chi connectivity index (χ0) is 8.27. The maximum absolute atomic E-state index is 5.77. The summed E-state index contributed by atoms with van der Waals surface area (Å²) in [6.07, 6.45) is 0. The van der Waals surface area contributed by atoms with Gasteiger partial charge in [-0.2, -0.15) is 0 Å². The van der Waals surface area contributed by atoms with E-state index in [1.54, 1.807) is 26.4 Å². The highest BCUT2D eigenvalue weighted by Crippen LogP contribution is 2.33. The highest BCUT2D eigenvalue weighted by molar-refractivity contribution is 6.32. The van der Waals surface area contributed by atoms with Crippen molar-refractivity contribution in [3.8, 4) is 11.5 Å². The van der Waals surface area contributed by atoms with E-state index < -0.39 is 0 Å². The molecule has 0 aromatic heterocycles. The third kappa shape index (κ3) is 1.57. The molecule has 11 heavy (non-hydrogen) atoms. The van der Waals surface area contributed by atoms with E-state index in [2.05, 4.69) is 6.07 Å². The van der Waals surface area contributed by atoms with Gasteiger partial charge in [-0.3, -0.25) is 0 Å². The smallest absolute Gasteiger partial charge is 0.179 e. The van der Waals surface area contributed by atoms with Gasteiger partial charge in [0, 0.05) is 0 Å². The second-order valence-corrected chi connectivity index (χ2v) is 2.31. The molecule has 0 atom stereocenters. The minimum absolute atomic E-state index is 0.506. The van der Waals surface area contributed by atoms with E-state index in [0.717, 1.165) is 0 Å². The Kier molecular flexibility index (Phi) is 2.60. The monoisotopic (exact) mass is 171 g/mol. The predicted octanol–water partition coefficient (Wildman–Crippen LogP) is 2.16. The first-order valence-electron chi connectivity index (χ1n) is 3.07. The zero-order valence-electron chi connectivity index (χ0n) is 6.35. The number of ether oxygens (including phenoxy) is 2. The number of methoxy groups -OCH3 is 2. The summed E-state index contributed by atoms with van der Waals surface area (Å²) in [4.78, 5) is 0. The van der Waals surface area contributed by atoms with Gasteiger partial charge < -0.3 is 9.47 Å². The number of hydrogen-bond acceptors (Lipinski definition) is 2. The van der Waals surface area contributed by atoms with Gasteiger partial charge in [-0.15, -0.1) is 0 Å². The van der Waals surface area contributed by atoms with Gasteiger partial charge in [0.2, 0.25) is 0 Å². The van der Waals surface area contributed by atoms with Crippen molar-refractivity contribution >= 4 is 11.6 Å². The molecule has 1 radical (unpaired) electrons. The fourth-order valence-electron chi connectivity index (χ4n) is 0.789. The summed E-state index contributed by atoms with van der Waals surface area (Å²) in [5.74, 6) is 1.15. The Hall–Kier alpha value is -0.890. The second-order valence-electron chi connectivity index (χ2n) is 1.90. The molecule has 0 saturated heterocycles. The van der Waals surface area contributed by atoms with Gasteiger partial charge in [-0.1, -0.05) is 11.6 Å². The Morgan fingerprint density at radius 2 is 2.00 bits per heavy atom. The van der Waals surface area contributed by atoms with Crippen molar-refractivity contribution in [3.05, 3.63) is 23.2 Å². The van der Waals surface area contributed by atoms with Crippen molar-refractivity contribution in [2.75, 3.05) is 14.2 Å². The molecule has 1 rings (SSSR count). The summed E-state index contributed by atoms with van der Waals surface area (Å²) in [5.41, 5.74) is 0. The van der Waals surface area contributed by atoms with Crippen LogP contribution in [0.25, 0.3) is 0 Å². The largest absolute Gasteiger partial charge is 0.493 e. The maximum atomic E-state index is 5.77. The number of halogens is 1. The van der Waals surface area contributed by atoms with Gasteiger partial charge in [0.25, 0.3) is 0 Å². The molecule has 3 heteroatoms. The first kappa shape index (κ1) is 8.21. The van der Waals surface area contributed by atoms with Crippen LogP contribution in [0.15, 0.2) is 12.1 Å². The third-order valence-corrected chi connectivity index (χ3v) is 1.57. The van der Waals surface area contributed by atoms with Crippen LogP contribution in [0.5, 0.6) is 11.5 Å². The minimum Gasteiger partial charge on any atom is -0.493 e. The van der Waals surface area contributed by atoms with Crippen LogP contribution in [0.1, 0.15) is 0 Å². The summed E-state index contributed by atoms with van der Waals surface area (Å²) in [7, 11) is 3.10. The molecule has 1 aromatic rings. The Labute approximate surface area is 70.7 Å². The summed E-state index contributed by atoms with van der Waals surface area (Å²) in [6.45, 7) is 0. The van der Waals surface area contributed by atoms with Crippen LogP contribution in [0.2, 0.25) is 5.02 Å². The Bertz CT molecular complexity index is 248. The lowest BCUT2D eigenvalue weighted by molar-refractivity contribution is 0.355. The van der Waals surface area contributed by atoms with E-state index in [4.69, 9.17) is 21.1 Å². The van der Waals surface area contributed by atoms with Crippen LogP contribution in [-0.4, -0.2) is 14.2 Å². The molecule has 0 bridgehead atoms. The predicted molar refractivity (Wildman–Crippen MR) is 43.4 cm³/mol. The highest BCUT2D eigenvalue weighted by Gasteiger charge is 2.05. The molecule has 2 nitrogen and oxygen atoms in total. The van der Waals surface area contributed by atoms with Gasteiger partial charge >= 0.3 is 0 Å². The van der Waals surface area contributed by atoms with Gasteiger partial charge in [0.15, 0.2) is 11.5 Å². The lowest BCUT2D eigenvalue weighted by Gasteiger charge is -2.07.